The molecule has 6 heteroatoms. The van der Waals surface area contributed by atoms with Gasteiger partial charge in [-0.25, -0.2) is 13.6 Å². The van der Waals surface area contributed by atoms with E-state index < -0.39 is 29.8 Å². The van der Waals surface area contributed by atoms with E-state index in [1.54, 1.807) is 0 Å². The highest BCUT2D eigenvalue weighted by molar-refractivity contribution is 5.85. The van der Waals surface area contributed by atoms with Gasteiger partial charge in [0.1, 0.15) is 6.04 Å². The molecule has 104 valence electrons. The van der Waals surface area contributed by atoms with Gasteiger partial charge in [0, 0.05) is 18.8 Å². The molecule has 1 aliphatic carbocycles. The van der Waals surface area contributed by atoms with E-state index in [-0.39, 0.29) is 25.7 Å². The van der Waals surface area contributed by atoms with Gasteiger partial charge in [0.15, 0.2) is 0 Å². The Kier molecular flexibility index (Phi) is 5.04. The van der Waals surface area contributed by atoms with Crippen molar-refractivity contribution in [3.8, 4) is 0 Å². The van der Waals surface area contributed by atoms with Crippen LogP contribution in [0.2, 0.25) is 0 Å². The van der Waals surface area contributed by atoms with Crippen LogP contribution in [0, 0.1) is 5.92 Å². The number of aliphatic carboxylic acids is 1. The summed E-state index contributed by atoms with van der Waals surface area (Å²) >= 11 is 0. The van der Waals surface area contributed by atoms with Crippen molar-refractivity contribution in [3.05, 3.63) is 0 Å². The second-order valence-corrected chi connectivity index (χ2v) is 4.82. The molecular formula is C12H19F2NO3. The lowest BCUT2D eigenvalue weighted by molar-refractivity contribution is -0.143. The Hall–Kier alpha value is -1.20. The third-order valence-electron chi connectivity index (χ3n) is 3.28. The lowest BCUT2D eigenvalue weighted by Gasteiger charge is -2.28. The Morgan fingerprint density at radius 3 is 2.39 bits per heavy atom. The zero-order valence-electron chi connectivity index (χ0n) is 10.4. The Labute approximate surface area is 105 Å². The predicted molar refractivity (Wildman–Crippen MR) is 61.4 cm³/mol. The Bertz CT molecular complexity index is 310. The van der Waals surface area contributed by atoms with E-state index in [1.807, 2.05) is 6.92 Å². The average molecular weight is 263 g/mol. The molecule has 0 aliphatic heterocycles. The van der Waals surface area contributed by atoms with Crippen molar-refractivity contribution in [1.82, 2.24) is 5.32 Å². The zero-order valence-corrected chi connectivity index (χ0v) is 10.4. The van der Waals surface area contributed by atoms with Gasteiger partial charge in [-0.1, -0.05) is 13.3 Å². The first-order valence-corrected chi connectivity index (χ1v) is 6.26. The molecule has 1 amide bonds. The summed E-state index contributed by atoms with van der Waals surface area (Å²) < 4.78 is 25.9. The van der Waals surface area contributed by atoms with Crippen LogP contribution in [0.15, 0.2) is 0 Å². The van der Waals surface area contributed by atoms with Gasteiger partial charge < -0.3 is 10.4 Å². The quantitative estimate of drug-likeness (QED) is 0.799. The predicted octanol–water partition coefficient (Wildman–Crippen LogP) is 2.18. The number of rotatable bonds is 5. The van der Waals surface area contributed by atoms with Gasteiger partial charge in [-0.3, -0.25) is 4.79 Å². The molecule has 2 N–H and O–H groups in total. The average Bonchev–Trinajstić information content (AvgIpc) is 2.28. The van der Waals surface area contributed by atoms with Crippen LogP contribution in [0.4, 0.5) is 8.78 Å². The third kappa shape index (κ3) is 4.23. The standard InChI is InChI=1S/C12H19F2NO3/c1-2-3-9(11(17)18)15-10(16)8-4-6-12(13,14)7-5-8/h8-9H,2-7H2,1H3,(H,15,16)(H,17,18)/t9-/m1/s1. The molecule has 0 unspecified atom stereocenters. The van der Waals surface area contributed by atoms with Crippen molar-refractivity contribution >= 4 is 11.9 Å². The minimum Gasteiger partial charge on any atom is -0.480 e. The molecule has 1 fully saturated rings. The van der Waals surface area contributed by atoms with Gasteiger partial charge >= 0.3 is 5.97 Å². The van der Waals surface area contributed by atoms with Crippen molar-refractivity contribution < 1.29 is 23.5 Å². The number of carbonyl (C=O) groups is 2. The van der Waals surface area contributed by atoms with Crippen LogP contribution < -0.4 is 5.32 Å². The van der Waals surface area contributed by atoms with E-state index in [0.29, 0.717) is 12.8 Å². The minimum absolute atomic E-state index is 0.122. The van der Waals surface area contributed by atoms with Crippen LogP contribution >= 0.6 is 0 Å². The van der Waals surface area contributed by atoms with Gasteiger partial charge in [0.25, 0.3) is 0 Å². The Morgan fingerprint density at radius 2 is 1.94 bits per heavy atom. The van der Waals surface area contributed by atoms with Gasteiger partial charge in [0.2, 0.25) is 11.8 Å². The van der Waals surface area contributed by atoms with Crippen molar-refractivity contribution in [2.24, 2.45) is 5.92 Å². The van der Waals surface area contributed by atoms with Crippen LogP contribution in [-0.4, -0.2) is 28.9 Å². The van der Waals surface area contributed by atoms with E-state index in [2.05, 4.69) is 5.32 Å². The molecule has 4 nitrogen and oxygen atoms in total. The van der Waals surface area contributed by atoms with Gasteiger partial charge in [0.05, 0.1) is 0 Å². The van der Waals surface area contributed by atoms with E-state index in [9.17, 15) is 18.4 Å². The second kappa shape index (κ2) is 6.11. The maximum Gasteiger partial charge on any atom is 0.326 e. The maximum atomic E-state index is 12.9. The van der Waals surface area contributed by atoms with Crippen LogP contribution in [0.25, 0.3) is 0 Å². The summed E-state index contributed by atoms with van der Waals surface area (Å²) in [4.78, 5) is 22.7. The molecule has 0 spiro atoms. The second-order valence-electron chi connectivity index (χ2n) is 4.82. The fourth-order valence-corrected chi connectivity index (χ4v) is 2.14. The van der Waals surface area contributed by atoms with Crippen molar-refractivity contribution in [2.45, 2.75) is 57.4 Å². The summed E-state index contributed by atoms with van der Waals surface area (Å²) in [7, 11) is 0. The number of carboxylic acids is 1. The summed E-state index contributed by atoms with van der Waals surface area (Å²) in [6.45, 7) is 1.82. The summed E-state index contributed by atoms with van der Waals surface area (Å²) in [5.41, 5.74) is 0. The number of hydrogen-bond donors (Lipinski definition) is 2. The highest BCUT2D eigenvalue weighted by Crippen LogP contribution is 2.36. The fraction of sp³-hybridized carbons (Fsp3) is 0.833. The van der Waals surface area contributed by atoms with Gasteiger partial charge in [-0.05, 0) is 19.3 Å². The molecule has 1 aliphatic rings. The first kappa shape index (κ1) is 14.9. The lowest BCUT2D eigenvalue weighted by atomic mass is 9.86. The number of nitrogens with one attached hydrogen (secondary N) is 1. The number of carbonyl (C=O) groups excluding carboxylic acids is 1. The smallest absolute Gasteiger partial charge is 0.326 e. The molecular weight excluding hydrogens is 244 g/mol. The first-order valence-electron chi connectivity index (χ1n) is 6.26. The largest absolute Gasteiger partial charge is 0.480 e. The van der Waals surface area contributed by atoms with Crippen molar-refractivity contribution in [3.63, 3.8) is 0 Å². The molecule has 0 aromatic heterocycles. The Morgan fingerprint density at radius 1 is 1.39 bits per heavy atom. The first-order chi connectivity index (χ1) is 8.35. The summed E-state index contributed by atoms with van der Waals surface area (Å²) in [5, 5.41) is 11.3. The number of alkyl halides is 2. The molecule has 1 atom stereocenters. The zero-order chi connectivity index (χ0) is 13.8. The monoisotopic (exact) mass is 263 g/mol. The molecule has 0 radical (unpaired) electrons. The third-order valence-corrected chi connectivity index (χ3v) is 3.28. The van der Waals surface area contributed by atoms with E-state index in [0.717, 1.165) is 0 Å². The van der Waals surface area contributed by atoms with Crippen molar-refractivity contribution in [1.29, 1.82) is 0 Å². The van der Waals surface area contributed by atoms with Crippen molar-refractivity contribution in [2.75, 3.05) is 0 Å². The molecule has 0 heterocycles. The molecule has 1 rings (SSSR count). The van der Waals surface area contributed by atoms with E-state index >= 15 is 0 Å². The van der Waals surface area contributed by atoms with Crippen LogP contribution in [0.5, 0.6) is 0 Å². The normalized spacial score (nSPS) is 21.3. The molecule has 0 aromatic carbocycles. The molecule has 1 saturated carbocycles. The Balaban J connectivity index is 2.47. The number of hydrogen-bond acceptors (Lipinski definition) is 2. The topological polar surface area (TPSA) is 66.4 Å². The fourth-order valence-electron chi connectivity index (χ4n) is 2.14. The summed E-state index contributed by atoms with van der Waals surface area (Å²) in [5.74, 6) is -4.65. The highest BCUT2D eigenvalue weighted by atomic mass is 19.3. The van der Waals surface area contributed by atoms with Crippen LogP contribution in [0.3, 0.4) is 0 Å². The maximum absolute atomic E-state index is 12.9. The highest BCUT2D eigenvalue weighted by Gasteiger charge is 2.38. The molecule has 0 bridgehead atoms. The minimum atomic E-state index is -2.67. The summed E-state index contributed by atoms with van der Waals surface area (Å²) in [6, 6.07) is -0.912. The number of carboxylic acid groups (broad SMARTS) is 1. The van der Waals surface area contributed by atoms with Crippen LogP contribution in [-0.2, 0) is 9.59 Å². The van der Waals surface area contributed by atoms with E-state index in [4.69, 9.17) is 5.11 Å². The molecule has 18 heavy (non-hydrogen) atoms. The van der Waals surface area contributed by atoms with Gasteiger partial charge in [-0.15, -0.1) is 0 Å². The SMILES string of the molecule is CCC[C@@H](NC(=O)C1CCC(F)(F)CC1)C(=O)O. The molecule has 0 aromatic rings. The van der Waals surface area contributed by atoms with Gasteiger partial charge in [-0.2, -0.15) is 0 Å². The number of amides is 1. The summed E-state index contributed by atoms with van der Waals surface area (Å²) in [6.07, 6.45) is 0.645. The van der Waals surface area contributed by atoms with Crippen LogP contribution in [0.1, 0.15) is 45.4 Å². The van der Waals surface area contributed by atoms with E-state index in [1.165, 1.54) is 0 Å². The number of halogens is 2. The molecule has 0 saturated heterocycles. The lowest BCUT2D eigenvalue weighted by Crippen LogP contribution is -2.45.